The van der Waals surface area contributed by atoms with E-state index in [2.05, 4.69) is 13.8 Å². The third-order valence-corrected chi connectivity index (χ3v) is 5.92. The molecule has 4 rings (SSSR count). The second-order valence-electron chi connectivity index (χ2n) is 8.97. The average molecular weight is 418 g/mol. The second-order valence-corrected chi connectivity index (χ2v) is 8.97. The molecule has 2 aromatic carbocycles. The van der Waals surface area contributed by atoms with Crippen LogP contribution in [0.2, 0.25) is 0 Å². The van der Waals surface area contributed by atoms with Gasteiger partial charge in [-0.3, -0.25) is 9.59 Å². The van der Waals surface area contributed by atoms with Crippen molar-refractivity contribution >= 4 is 22.6 Å². The number of hydrogen-bond acceptors (Lipinski definition) is 2. The van der Waals surface area contributed by atoms with Crippen molar-refractivity contribution in [2.75, 3.05) is 13.1 Å². The first-order chi connectivity index (χ1) is 14.9. The molecule has 0 aliphatic heterocycles. The van der Waals surface area contributed by atoms with Crippen molar-refractivity contribution in [2.24, 2.45) is 13.0 Å². The summed E-state index contributed by atoms with van der Waals surface area (Å²) in [7, 11) is 1.99. The Bertz CT molecular complexity index is 1080. The normalized spacial score (nSPS) is 13.5. The Kier molecular flexibility index (Phi) is 6.12. The standard InChI is InChI=1S/C26H31N3O2/c1-19(2)16-28(17-22-10-7-15-27(22)3)25(30)18-29(21-13-14-21)26(31)24-12-6-9-20-8-4-5-11-23(20)24/h4-12,15,19,21H,13-14,16-18H2,1-3H3. The van der Waals surface area contributed by atoms with Crippen molar-refractivity contribution in [3.63, 3.8) is 0 Å². The third-order valence-electron chi connectivity index (χ3n) is 5.92. The molecule has 5 heteroatoms. The van der Waals surface area contributed by atoms with Gasteiger partial charge in [-0.25, -0.2) is 0 Å². The molecule has 1 aromatic heterocycles. The molecule has 0 atom stereocenters. The third kappa shape index (κ3) is 4.82. The average Bonchev–Trinajstić information content (AvgIpc) is 3.52. The number of carbonyl (C=O) groups is 2. The Labute approximate surface area is 184 Å². The largest absolute Gasteiger partial charge is 0.353 e. The topological polar surface area (TPSA) is 45.6 Å². The van der Waals surface area contributed by atoms with E-state index in [-0.39, 0.29) is 24.4 Å². The minimum atomic E-state index is -0.0454. The Balaban J connectivity index is 1.57. The number of carbonyl (C=O) groups excluding carboxylic acids is 2. The molecule has 2 amide bonds. The number of nitrogens with zero attached hydrogens (tertiary/aromatic N) is 3. The van der Waals surface area contributed by atoms with Crippen LogP contribution in [-0.2, 0) is 18.4 Å². The highest BCUT2D eigenvalue weighted by Gasteiger charge is 2.35. The van der Waals surface area contributed by atoms with Crippen LogP contribution >= 0.6 is 0 Å². The van der Waals surface area contributed by atoms with Crippen molar-refractivity contribution in [3.8, 4) is 0 Å². The van der Waals surface area contributed by atoms with Crippen LogP contribution < -0.4 is 0 Å². The predicted octanol–water partition coefficient (Wildman–Crippen LogP) is 4.47. The molecule has 0 unspecified atom stereocenters. The molecule has 31 heavy (non-hydrogen) atoms. The van der Waals surface area contributed by atoms with Crippen molar-refractivity contribution in [2.45, 2.75) is 39.3 Å². The SMILES string of the molecule is CC(C)CN(Cc1cccn1C)C(=O)CN(C(=O)c1cccc2ccccc12)C1CC1. The van der Waals surface area contributed by atoms with Crippen molar-refractivity contribution in [1.29, 1.82) is 0 Å². The first-order valence-electron chi connectivity index (χ1n) is 11.1. The minimum absolute atomic E-state index is 0.00962. The fourth-order valence-electron chi connectivity index (χ4n) is 4.12. The van der Waals surface area contributed by atoms with Crippen molar-refractivity contribution < 1.29 is 9.59 Å². The van der Waals surface area contributed by atoms with Crippen LogP contribution in [0.15, 0.2) is 60.8 Å². The van der Waals surface area contributed by atoms with Crippen LogP contribution in [0.4, 0.5) is 0 Å². The van der Waals surface area contributed by atoms with E-state index < -0.39 is 0 Å². The molecule has 0 radical (unpaired) electrons. The lowest BCUT2D eigenvalue weighted by atomic mass is 10.0. The lowest BCUT2D eigenvalue weighted by Crippen LogP contribution is -2.45. The molecule has 1 aliphatic rings. The van der Waals surface area contributed by atoms with E-state index in [9.17, 15) is 9.59 Å². The van der Waals surface area contributed by atoms with E-state index in [1.807, 2.05) is 77.3 Å². The molecular weight excluding hydrogens is 386 g/mol. The summed E-state index contributed by atoms with van der Waals surface area (Å²) in [5, 5.41) is 1.98. The summed E-state index contributed by atoms with van der Waals surface area (Å²) in [5.74, 6) is 0.318. The molecular formula is C26H31N3O2. The van der Waals surface area contributed by atoms with Gasteiger partial charge in [-0.1, -0.05) is 50.2 Å². The van der Waals surface area contributed by atoms with Gasteiger partial charge in [0.15, 0.2) is 0 Å². The van der Waals surface area contributed by atoms with Gasteiger partial charge in [0, 0.05) is 37.1 Å². The van der Waals surface area contributed by atoms with Gasteiger partial charge < -0.3 is 14.4 Å². The summed E-state index contributed by atoms with van der Waals surface area (Å²) < 4.78 is 2.04. The van der Waals surface area contributed by atoms with E-state index in [4.69, 9.17) is 0 Å². The quantitative estimate of drug-likeness (QED) is 0.543. The molecule has 1 heterocycles. The fourth-order valence-corrected chi connectivity index (χ4v) is 4.12. The van der Waals surface area contributed by atoms with Crippen LogP contribution in [0.5, 0.6) is 0 Å². The summed E-state index contributed by atoms with van der Waals surface area (Å²) in [6, 6.07) is 17.9. The second kappa shape index (κ2) is 8.96. The highest BCUT2D eigenvalue weighted by molar-refractivity contribution is 6.08. The lowest BCUT2D eigenvalue weighted by molar-refractivity contribution is -0.133. The summed E-state index contributed by atoms with van der Waals surface area (Å²) in [6.45, 7) is 5.59. The highest BCUT2D eigenvalue weighted by atomic mass is 16.2. The number of hydrogen-bond donors (Lipinski definition) is 0. The maximum atomic E-state index is 13.5. The van der Waals surface area contributed by atoms with Crippen LogP contribution in [0.25, 0.3) is 10.8 Å². The fraction of sp³-hybridized carbons (Fsp3) is 0.385. The number of aromatic nitrogens is 1. The van der Waals surface area contributed by atoms with Crippen LogP contribution in [0.3, 0.4) is 0 Å². The van der Waals surface area contributed by atoms with Gasteiger partial charge in [0.2, 0.25) is 5.91 Å². The Morgan fingerprint density at radius 3 is 2.45 bits per heavy atom. The highest BCUT2D eigenvalue weighted by Crippen LogP contribution is 2.30. The van der Waals surface area contributed by atoms with Crippen molar-refractivity contribution in [1.82, 2.24) is 14.4 Å². The summed E-state index contributed by atoms with van der Waals surface area (Å²) in [4.78, 5) is 30.6. The number of fused-ring (bicyclic) bond motifs is 1. The molecule has 162 valence electrons. The zero-order valence-corrected chi connectivity index (χ0v) is 18.6. The van der Waals surface area contributed by atoms with Crippen LogP contribution in [-0.4, -0.2) is 45.3 Å². The monoisotopic (exact) mass is 417 g/mol. The van der Waals surface area contributed by atoms with E-state index in [0.717, 1.165) is 29.3 Å². The summed E-state index contributed by atoms with van der Waals surface area (Å²) in [5.41, 5.74) is 1.77. The Morgan fingerprint density at radius 2 is 1.77 bits per heavy atom. The lowest BCUT2D eigenvalue weighted by Gasteiger charge is -2.29. The van der Waals surface area contributed by atoms with Gasteiger partial charge >= 0.3 is 0 Å². The van der Waals surface area contributed by atoms with Gasteiger partial charge in [-0.05, 0) is 47.7 Å². The minimum Gasteiger partial charge on any atom is -0.353 e. The summed E-state index contributed by atoms with van der Waals surface area (Å²) >= 11 is 0. The molecule has 0 N–H and O–H groups in total. The molecule has 1 aliphatic carbocycles. The smallest absolute Gasteiger partial charge is 0.255 e. The summed E-state index contributed by atoms with van der Waals surface area (Å²) in [6.07, 6.45) is 3.92. The Hall–Kier alpha value is -3.08. The van der Waals surface area contributed by atoms with E-state index in [0.29, 0.717) is 24.6 Å². The van der Waals surface area contributed by atoms with Crippen LogP contribution in [0.1, 0.15) is 42.7 Å². The zero-order valence-electron chi connectivity index (χ0n) is 18.6. The van der Waals surface area contributed by atoms with Gasteiger partial charge in [0.05, 0.1) is 6.54 Å². The molecule has 1 saturated carbocycles. The van der Waals surface area contributed by atoms with Crippen molar-refractivity contribution in [3.05, 3.63) is 72.1 Å². The Morgan fingerprint density at radius 1 is 1.03 bits per heavy atom. The number of benzene rings is 2. The van der Waals surface area contributed by atoms with Gasteiger partial charge in [-0.15, -0.1) is 0 Å². The first kappa shape index (κ1) is 21.2. The number of rotatable bonds is 8. The molecule has 0 spiro atoms. The predicted molar refractivity (Wildman–Crippen MR) is 124 cm³/mol. The van der Waals surface area contributed by atoms with Gasteiger partial charge in [0.1, 0.15) is 6.54 Å². The first-order valence-corrected chi connectivity index (χ1v) is 11.1. The molecule has 0 saturated heterocycles. The molecule has 3 aromatic rings. The maximum Gasteiger partial charge on any atom is 0.255 e. The zero-order chi connectivity index (χ0) is 22.0. The van der Waals surface area contributed by atoms with E-state index in [1.165, 1.54) is 0 Å². The molecule has 5 nitrogen and oxygen atoms in total. The maximum absolute atomic E-state index is 13.5. The number of amides is 2. The van der Waals surface area contributed by atoms with Crippen LogP contribution in [0, 0.1) is 5.92 Å². The van der Waals surface area contributed by atoms with E-state index in [1.54, 1.807) is 4.90 Å². The number of aryl methyl sites for hydroxylation is 1. The van der Waals surface area contributed by atoms with E-state index >= 15 is 0 Å². The molecule has 1 fully saturated rings. The van der Waals surface area contributed by atoms with Gasteiger partial charge in [0.25, 0.3) is 5.91 Å². The molecule has 0 bridgehead atoms. The van der Waals surface area contributed by atoms with Gasteiger partial charge in [-0.2, -0.15) is 0 Å².